The molecule has 2 aromatic rings. The van der Waals surface area contributed by atoms with E-state index in [9.17, 15) is 9.59 Å². The second-order valence-electron chi connectivity index (χ2n) is 7.81. The van der Waals surface area contributed by atoms with Crippen LogP contribution in [-0.2, 0) is 16.0 Å². The van der Waals surface area contributed by atoms with Crippen LogP contribution in [0.3, 0.4) is 0 Å². The Kier molecular flexibility index (Phi) is 6.11. The summed E-state index contributed by atoms with van der Waals surface area (Å²) < 4.78 is 0. The van der Waals surface area contributed by atoms with E-state index >= 15 is 0 Å². The highest BCUT2D eigenvalue weighted by Crippen LogP contribution is 2.17. The van der Waals surface area contributed by atoms with E-state index in [0.29, 0.717) is 13.1 Å². The summed E-state index contributed by atoms with van der Waals surface area (Å²) in [6.45, 7) is 5.27. The van der Waals surface area contributed by atoms with Gasteiger partial charge in [-0.25, -0.2) is 0 Å². The summed E-state index contributed by atoms with van der Waals surface area (Å²) in [7, 11) is 0. The molecule has 27 heavy (non-hydrogen) atoms. The van der Waals surface area contributed by atoms with Crippen LogP contribution in [0.2, 0.25) is 0 Å². The van der Waals surface area contributed by atoms with Crippen molar-refractivity contribution in [1.29, 1.82) is 0 Å². The Hall–Kier alpha value is -2.40. The fourth-order valence-electron chi connectivity index (χ4n) is 3.59. The number of hydrogen-bond donors (Lipinski definition) is 2. The van der Waals surface area contributed by atoms with Gasteiger partial charge in [0.05, 0.1) is 6.42 Å². The average Bonchev–Trinajstić information content (AvgIpc) is 2.66. The van der Waals surface area contributed by atoms with Gasteiger partial charge in [0.1, 0.15) is 6.04 Å². The second kappa shape index (κ2) is 8.53. The highest BCUT2D eigenvalue weighted by molar-refractivity contribution is 5.89. The third-order valence-corrected chi connectivity index (χ3v) is 5.28. The first-order chi connectivity index (χ1) is 12.9. The number of nitrogens with two attached hydrogens (primary N) is 1. The van der Waals surface area contributed by atoms with Gasteiger partial charge in [0.2, 0.25) is 11.8 Å². The van der Waals surface area contributed by atoms with Gasteiger partial charge in [0.15, 0.2) is 0 Å². The van der Waals surface area contributed by atoms with Crippen LogP contribution in [-0.4, -0.2) is 41.9 Å². The zero-order valence-electron chi connectivity index (χ0n) is 16.2. The fraction of sp³-hybridized carbons (Fsp3) is 0.455. The third-order valence-electron chi connectivity index (χ3n) is 5.28. The minimum Gasteiger partial charge on any atom is -0.344 e. The standard InChI is InChI=1S/C22H29N3O2/c1-15(2)21(22(27)25-11-9-19(23)10-12-25)24-20(26)14-16-7-8-17-5-3-4-6-18(17)13-16/h3-8,13,15,19,21H,9-12,14,23H2,1-2H3,(H,24,26). The number of piperidine rings is 1. The van der Waals surface area contributed by atoms with Crippen LogP contribution < -0.4 is 11.1 Å². The molecule has 1 aliphatic heterocycles. The number of carbonyl (C=O) groups is 2. The predicted molar refractivity (Wildman–Crippen MR) is 108 cm³/mol. The molecule has 2 aromatic carbocycles. The van der Waals surface area contributed by atoms with Crippen molar-refractivity contribution in [2.75, 3.05) is 13.1 Å². The van der Waals surface area contributed by atoms with Gasteiger partial charge in [0.25, 0.3) is 0 Å². The number of benzene rings is 2. The van der Waals surface area contributed by atoms with Gasteiger partial charge in [-0.15, -0.1) is 0 Å². The van der Waals surface area contributed by atoms with E-state index in [1.165, 1.54) is 0 Å². The van der Waals surface area contributed by atoms with Crippen molar-refractivity contribution >= 4 is 22.6 Å². The lowest BCUT2D eigenvalue weighted by Gasteiger charge is -2.34. The Morgan fingerprint density at radius 2 is 1.78 bits per heavy atom. The normalized spacial score (nSPS) is 16.5. The molecule has 2 amide bonds. The van der Waals surface area contributed by atoms with Crippen LogP contribution in [0.5, 0.6) is 0 Å². The van der Waals surface area contributed by atoms with Gasteiger partial charge in [0, 0.05) is 19.1 Å². The SMILES string of the molecule is CC(C)C(NC(=O)Cc1ccc2ccccc2c1)C(=O)N1CCC(N)CC1. The monoisotopic (exact) mass is 367 g/mol. The Morgan fingerprint density at radius 3 is 2.44 bits per heavy atom. The lowest BCUT2D eigenvalue weighted by Crippen LogP contribution is -2.54. The largest absolute Gasteiger partial charge is 0.344 e. The molecule has 1 atom stereocenters. The number of nitrogens with zero attached hydrogens (tertiary/aromatic N) is 1. The van der Waals surface area contributed by atoms with E-state index in [2.05, 4.69) is 11.4 Å². The summed E-state index contributed by atoms with van der Waals surface area (Å²) in [5, 5.41) is 5.23. The van der Waals surface area contributed by atoms with Gasteiger partial charge >= 0.3 is 0 Å². The zero-order valence-corrected chi connectivity index (χ0v) is 16.2. The van der Waals surface area contributed by atoms with Gasteiger partial charge in [-0.1, -0.05) is 56.3 Å². The lowest BCUT2D eigenvalue weighted by molar-refractivity contribution is -0.138. The van der Waals surface area contributed by atoms with Crippen molar-refractivity contribution in [3.63, 3.8) is 0 Å². The smallest absolute Gasteiger partial charge is 0.245 e. The van der Waals surface area contributed by atoms with Crippen LogP contribution in [0.4, 0.5) is 0 Å². The van der Waals surface area contributed by atoms with Crippen molar-refractivity contribution in [1.82, 2.24) is 10.2 Å². The summed E-state index contributed by atoms with van der Waals surface area (Å²) in [5.41, 5.74) is 6.88. The molecule has 5 nitrogen and oxygen atoms in total. The summed E-state index contributed by atoms with van der Waals surface area (Å²) in [6.07, 6.45) is 1.91. The van der Waals surface area contributed by atoms with E-state index in [1.807, 2.05) is 55.1 Å². The Balaban J connectivity index is 1.64. The van der Waals surface area contributed by atoms with Gasteiger partial charge in [-0.2, -0.15) is 0 Å². The number of fused-ring (bicyclic) bond motifs is 1. The molecule has 0 radical (unpaired) electrons. The molecule has 1 aliphatic rings. The molecule has 1 fully saturated rings. The van der Waals surface area contributed by atoms with Crippen molar-refractivity contribution < 1.29 is 9.59 Å². The van der Waals surface area contributed by atoms with E-state index in [1.54, 1.807) is 0 Å². The van der Waals surface area contributed by atoms with Crippen LogP contribution in [0.25, 0.3) is 10.8 Å². The Bertz CT molecular complexity index is 810. The van der Waals surface area contributed by atoms with Crippen molar-refractivity contribution in [2.24, 2.45) is 11.7 Å². The molecule has 0 aliphatic carbocycles. The van der Waals surface area contributed by atoms with Gasteiger partial charge in [-0.05, 0) is 35.1 Å². The Labute approximate surface area is 160 Å². The number of amides is 2. The lowest BCUT2D eigenvalue weighted by atomic mass is 9.99. The number of nitrogens with one attached hydrogen (secondary N) is 1. The number of carbonyl (C=O) groups excluding carboxylic acids is 2. The summed E-state index contributed by atoms with van der Waals surface area (Å²) in [6, 6.07) is 13.8. The molecule has 1 saturated heterocycles. The first kappa shape index (κ1) is 19.4. The number of rotatable bonds is 5. The molecule has 0 aromatic heterocycles. The maximum atomic E-state index is 12.9. The molecule has 0 bridgehead atoms. The molecule has 3 N–H and O–H groups in total. The maximum Gasteiger partial charge on any atom is 0.245 e. The highest BCUT2D eigenvalue weighted by Gasteiger charge is 2.30. The zero-order chi connectivity index (χ0) is 19.4. The van der Waals surface area contributed by atoms with Crippen LogP contribution in [0.1, 0.15) is 32.3 Å². The van der Waals surface area contributed by atoms with Crippen molar-refractivity contribution in [3.8, 4) is 0 Å². The third kappa shape index (κ3) is 4.86. The summed E-state index contributed by atoms with van der Waals surface area (Å²) in [4.78, 5) is 27.3. The number of likely N-dealkylation sites (tertiary alicyclic amines) is 1. The number of hydrogen-bond acceptors (Lipinski definition) is 3. The molecular weight excluding hydrogens is 338 g/mol. The fourth-order valence-corrected chi connectivity index (χ4v) is 3.59. The molecule has 1 heterocycles. The first-order valence-corrected chi connectivity index (χ1v) is 9.75. The van der Waals surface area contributed by atoms with Crippen LogP contribution in [0.15, 0.2) is 42.5 Å². The van der Waals surface area contributed by atoms with E-state index in [4.69, 9.17) is 5.73 Å². The minimum absolute atomic E-state index is 0.00348. The maximum absolute atomic E-state index is 12.9. The van der Waals surface area contributed by atoms with E-state index in [0.717, 1.165) is 29.2 Å². The van der Waals surface area contributed by atoms with Crippen LogP contribution in [0, 0.1) is 5.92 Å². The quantitative estimate of drug-likeness (QED) is 0.852. The summed E-state index contributed by atoms with van der Waals surface area (Å²) >= 11 is 0. The molecule has 1 unspecified atom stereocenters. The van der Waals surface area contributed by atoms with E-state index in [-0.39, 0.29) is 30.2 Å². The Morgan fingerprint density at radius 1 is 1.11 bits per heavy atom. The molecular formula is C22H29N3O2. The van der Waals surface area contributed by atoms with Gasteiger partial charge < -0.3 is 16.0 Å². The average molecular weight is 367 g/mol. The highest BCUT2D eigenvalue weighted by atomic mass is 16.2. The molecule has 144 valence electrons. The van der Waals surface area contributed by atoms with Crippen molar-refractivity contribution in [2.45, 2.75) is 45.2 Å². The summed E-state index contributed by atoms with van der Waals surface area (Å²) in [5.74, 6) is -0.0801. The minimum atomic E-state index is -0.493. The topological polar surface area (TPSA) is 75.4 Å². The second-order valence-corrected chi connectivity index (χ2v) is 7.81. The van der Waals surface area contributed by atoms with Gasteiger partial charge in [-0.3, -0.25) is 9.59 Å². The molecule has 0 saturated carbocycles. The molecule has 5 heteroatoms. The first-order valence-electron chi connectivity index (χ1n) is 9.75. The molecule has 3 rings (SSSR count). The predicted octanol–water partition coefficient (Wildman–Crippen LogP) is 2.47. The van der Waals surface area contributed by atoms with Crippen molar-refractivity contribution in [3.05, 3.63) is 48.0 Å². The van der Waals surface area contributed by atoms with Crippen LogP contribution >= 0.6 is 0 Å². The van der Waals surface area contributed by atoms with E-state index < -0.39 is 6.04 Å². The molecule has 0 spiro atoms.